The SMILES string of the molecule is CC(C)(C)OC(=O)C12C(=O)CCN1CCC1CC(=O)N12. The molecule has 0 saturated carbocycles. The first kappa shape index (κ1) is 13.5. The highest BCUT2D eigenvalue weighted by atomic mass is 16.6. The molecule has 3 fully saturated rings. The summed E-state index contributed by atoms with van der Waals surface area (Å²) < 4.78 is 5.46. The summed E-state index contributed by atoms with van der Waals surface area (Å²) in [7, 11) is 0. The molecule has 3 rings (SSSR count). The first-order valence-electron chi connectivity index (χ1n) is 7.11. The predicted octanol–water partition coefficient (Wildman–Crippen LogP) is 0.304. The molecule has 0 radical (unpaired) electrons. The van der Waals surface area contributed by atoms with E-state index in [0.717, 1.165) is 6.42 Å². The number of Topliss-reactive ketones (excluding diaryl/α,β-unsaturated/α-hetero) is 1. The fraction of sp³-hybridized carbons (Fsp3) is 0.786. The van der Waals surface area contributed by atoms with Gasteiger partial charge in [0.2, 0.25) is 5.91 Å². The summed E-state index contributed by atoms with van der Waals surface area (Å²) in [5.41, 5.74) is -2.16. The van der Waals surface area contributed by atoms with Crippen molar-refractivity contribution in [1.29, 1.82) is 0 Å². The van der Waals surface area contributed by atoms with Gasteiger partial charge in [0, 0.05) is 32.0 Å². The molecule has 2 unspecified atom stereocenters. The van der Waals surface area contributed by atoms with E-state index < -0.39 is 17.2 Å². The quantitative estimate of drug-likeness (QED) is 0.393. The third kappa shape index (κ3) is 1.63. The maximum Gasteiger partial charge on any atom is 0.356 e. The molecule has 6 heteroatoms. The molecular formula is C14H20N2O4. The first-order valence-corrected chi connectivity index (χ1v) is 7.11. The summed E-state index contributed by atoms with van der Waals surface area (Å²) >= 11 is 0. The molecule has 0 aromatic rings. The van der Waals surface area contributed by atoms with Crippen molar-refractivity contribution in [2.45, 2.75) is 57.3 Å². The number of ketones is 1. The van der Waals surface area contributed by atoms with E-state index in [1.165, 1.54) is 4.90 Å². The van der Waals surface area contributed by atoms with E-state index >= 15 is 0 Å². The van der Waals surface area contributed by atoms with E-state index in [-0.39, 0.29) is 17.7 Å². The van der Waals surface area contributed by atoms with Crippen molar-refractivity contribution >= 4 is 17.7 Å². The van der Waals surface area contributed by atoms with Crippen LogP contribution in [0.1, 0.15) is 40.0 Å². The van der Waals surface area contributed by atoms with Gasteiger partial charge in [0.1, 0.15) is 5.60 Å². The van der Waals surface area contributed by atoms with Gasteiger partial charge in [-0.1, -0.05) is 0 Å². The molecule has 3 aliphatic heterocycles. The van der Waals surface area contributed by atoms with Crippen molar-refractivity contribution in [2.75, 3.05) is 13.1 Å². The van der Waals surface area contributed by atoms with Gasteiger partial charge in [-0.15, -0.1) is 0 Å². The van der Waals surface area contributed by atoms with Crippen LogP contribution in [0.3, 0.4) is 0 Å². The standard InChI is InChI=1S/C14H20N2O4/c1-13(2,3)20-12(19)14-10(17)5-7-15(14)6-4-9-8-11(18)16(9)14/h9H,4-8H2,1-3H3. The van der Waals surface area contributed by atoms with E-state index in [1.807, 2.05) is 4.90 Å². The lowest BCUT2D eigenvalue weighted by Gasteiger charge is -2.56. The molecule has 0 aromatic carbocycles. The zero-order valence-electron chi connectivity index (χ0n) is 12.1. The number of β-lactam (4-membered cyclic amide) rings is 1. The Morgan fingerprint density at radius 3 is 2.60 bits per heavy atom. The van der Waals surface area contributed by atoms with Crippen LogP contribution in [-0.2, 0) is 19.1 Å². The summed E-state index contributed by atoms with van der Waals surface area (Å²) in [5.74, 6) is -0.921. The number of amides is 1. The molecule has 0 bridgehead atoms. The maximum atomic E-state index is 12.7. The Balaban J connectivity index is 2.01. The number of rotatable bonds is 1. The number of esters is 1. The van der Waals surface area contributed by atoms with Crippen LogP contribution in [0.15, 0.2) is 0 Å². The van der Waals surface area contributed by atoms with Crippen LogP contribution in [0.4, 0.5) is 0 Å². The Bertz CT molecular complexity index is 496. The van der Waals surface area contributed by atoms with Gasteiger partial charge in [0.25, 0.3) is 5.66 Å². The van der Waals surface area contributed by atoms with Crippen molar-refractivity contribution in [3.8, 4) is 0 Å². The molecule has 2 atom stereocenters. The molecule has 3 heterocycles. The lowest BCUT2D eigenvalue weighted by atomic mass is 9.86. The van der Waals surface area contributed by atoms with Crippen LogP contribution in [0.2, 0.25) is 0 Å². The van der Waals surface area contributed by atoms with Gasteiger partial charge in [-0.25, -0.2) is 4.79 Å². The second kappa shape index (κ2) is 4.04. The minimum Gasteiger partial charge on any atom is -0.457 e. The van der Waals surface area contributed by atoms with Gasteiger partial charge in [0.05, 0.1) is 0 Å². The third-order valence-corrected chi connectivity index (χ3v) is 4.26. The summed E-state index contributed by atoms with van der Waals surface area (Å²) in [6.45, 7) is 6.49. The predicted molar refractivity (Wildman–Crippen MR) is 69.6 cm³/mol. The Morgan fingerprint density at radius 1 is 1.30 bits per heavy atom. The maximum absolute atomic E-state index is 12.7. The molecule has 1 amide bonds. The molecule has 0 spiro atoms. The van der Waals surface area contributed by atoms with Crippen molar-refractivity contribution in [3.63, 3.8) is 0 Å². The summed E-state index contributed by atoms with van der Waals surface area (Å²) in [5, 5.41) is 0. The van der Waals surface area contributed by atoms with Crippen LogP contribution in [0.25, 0.3) is 0 Å². The second-order valence-corrected chi connectivity index (χ2v) is 6.74. The van der Waals surface area contributed by atoms with Gasteiger partial charge in [-0.2, -0.15) is 0 Å². The van der Waals surface area contributed by atoms with E-state index in [0.29, 0.717) is 25.9 Å². The Kier molecular flexibility index (Phi) is 2.73. The molecule has 3 aliphatic rings. The van der Waals surface area contributed by atoms with E-state index in [9.17, 15) is 14.4 Å². The van der Waals surface area contributed by atoms with Crippen molar-refractivity contribution < 1.29 is 19.1 Å². The highest BCUT2D eigenvalue weighted by molar-refractivity contribution is 6.13. The topological polar surface area (TPSA) is 66.9 Å². The average Bonchev–Trinajstić information content (AvgIpc) is 2.63. The van der Waals surface area contributed by atoms with Crippen LogP contribution in [0.5, 0.6) is 0 Å². The molecule has 0 aliphatic carbocycles. The molecule has 0 aromatic heterocycles. The van der Waals surface area contributed by atoms with E-state index in [4.69, 9.17) is 4.74 Å². The normalized spacial score (nSPS) is 33.5. The summed E-state index contributed by atoms with van der Waals surface area (Å²) in [4.78, 5) is 40.4. The van der Waals surface area contributed by atoms with E-state index in [2.05, 4.69) is 0 Å². The Labute approximate surface area is 118 Å². The summed E-state index contributed by atoms with van der Waals surface area (Å²) in [6.07, 6.45) is 1.56. The number of hydrogen-bond donors (Lipinski definition) is 0. The first-order chi connectivity index (χ1) is 9.26. The van der Waals surface area contributed by atoms with Crippen LogP contribution in [0, 0.1) is 0 Å². The number of hydrogen-bond acceptors (Lipinski definition) is 5. The molecule has 20 heavy (non-hydrogen) atoms. The minimum atomic E-state index is -1.48. The fourth-order valence-electron chi connectivity index (χ4n) is 3.46. The Morgan fingerprint density at radius 2 is 2.00 bits per heavy atom. The number of fused-ring (bicyclic) bond motifs is 3. The number of ether oxygens (including phenoxy) is 1. The largest absolute Gasteiger partial charge is 0.457 e. The highest BCUT2D eigenvalue weighted by Gasteiger charge is 2.67. The zero-order valence-corrected chi connectivity index (χ0v) is 12.1. The van der Waals surface area contributed by atoms with Gasteiger partial charge in [0.15, 0.2) is 5.78 Å². The minimum absolute atomic E-state index is 0.00770. The molecular weight excluding hydrogens is 260 g/mol. The molecule has 0 N–H and O–H groups in total. The lowest BCUT2D eigenvalue weighted by Crippen LogP contribution is -2.78. The second-order valence-electron chi connectivity index (χ2n) is 6.74. The highest BCUT2D eigenvalue weighted by Crippen LogP contribution is 2.43. The van der Waals surface area contributed by atoms with Crippen molar-refractivity contribution in [2.24, 2.45) is 0 Å². The fourth-order valence-corrected chi connectivity index (χ4v) is 3.46. The number of carbonyl (C=O) groups excluding carboxylic acids is 3. The van der Waals surface area contributed by atoms with Crippen molar-refractivity contribution in [3.05, 3.63) is 0 Å². The van der Waals surface area contributed by atoms with Gasteiger partial charge in [-0.3, -0.25) is 14.5 Å². The van der Waals surface area contributed by atoms with Crippen molar-refractivity contribution in [1.82, 2.24) is 9.80 Å². The van der Waals surface area contributed by atoms with Crippen LogP contribution < -0.4 is 0 Å². The monoisotopic (exact) mass is 280 g/mol. The van der Waals surface area contributed by atoms with Gasteiger partial charge < -0.3 is 9.64 Å². The summed E-state index contributed by atoms with van der Waals surface area (Å²) in [6, 6.07) is 0.00770. The van der Waals surface area contributed by atoms with Crippen LogP contribution in [-0.4, -0.2) is 57.9 Å². The lowest BCUT2D eigenvalue weighted by molar-refractivity contribution is -0.206. The van der Waals surface area contributed by atoms with E-state index in [1.54, 1.807) is 20.8 Å². The number of carbonyl (C=O) groups is 3. The van der Waals surface area contributed by atoms with Gasteiger partial charge in [-0.05, 0) is 27.2 Å². The third-order valence-electron chi connectivity index (χ3n) is 4.26. The average molecular weight is 280 g/mol. The smallest absolute Gasteiger partial charge is 0.356 e. The molecule has 3 saturated heterocycles. The zero-order chi connectivity index (χ0) is 14.7. The van der Waals surface area contributed by atoms with Crippen LogP contribution >= 0.6 is 0 Å². The molecule has 6 nitrogen and oxygen atoms in total. The Hall–Kier alpha value is -1.43. The molecule has 110 valence electrons. The van der Waals surface area contributed by atoms with Gasteiger partial charge >= 0.3 is 5.97 Å². The number of nitrogens with zero attached hydrogens (tertiary/aromatic N) is 2.